The fourth-order valence-electron chi connectivity index (χ4n) is 2.07. The van der Waals surface area contributed by atoms with Crippen LogP contribution in [0.5, 0.6) is 0 Å². The van der Waals surface area contributed by atoms with E-state index in [0.717, 1.165) is 18.5 Å². The zero-order chi connectivity index (χ0) is 12.4. The number of nitrogens with zero attached hydrogens (tertiary/aromatic N) is 2. The van der Waals surface area contributed by atoms with Crippen molar-refractivity contribution in [3.05, 3.63) is 29.6 Å². The van der Waals surface area contributed by atoms with Gasteiger partial charge in [0, 0.05) is 19.3 Å². The Bertz CT molecular complexity index is 422. The maximum atomic E-state index is 12.3. The van der Waals surface area contributed by atoms with Gasteiger partial charge >= 0.3 is 0 Å². The molecule has 0 saturated carbocycles. The molecular formula is C13H17ClN2O. The topological polar surface area (TPSA) is 33.2 Å². The molecule has 0 aliphatic carbocycles. The second-order valence-corrected chi connectivity index (χ2v) is 5.26. The van der Waals surface area contributed by atoms with E-state index in [9.17, 15) is 4.79 Å². The number of aromatic nitrogens is 1. The molecule has 4 heteroatoms. The second-order valence-electron chi connectivity index (χ2n) is 4.70. The monoisotopic (exact) mass is 252 g/mol. The first-order chi connectivity index (χ1) is 8.09. The van der Waals surface area contributed by atoms with E-state index in [2.05, 4.69) is 11.9 Å². The number of hydrogen-bond donors (Lipinski definition) is 0. The molecule has 1 aromatic rings. The Balaban J connectivity index is 2.14. The first-order valence-corrected chi connectivity index (χ1v) is 6.38. The van der Waals surface area contributed by atoms with E-state index < -0.39 is 0 Å². The minimum Gasteiger partial charge on any atom is -0.336 e. The van der Waals surface area contributed by atoms with Crippen LogP contribution in [0, 0.1) is 12.8 Å². The maximum Gasteiger partial charge on any atom is 0.272 e. The Hall–Kier alpha value is -1.09. The average molecular weight is 253 g/mol. The van der Waals surface area contributed by atoms with Crippen molar-refractivity contribution < 1.29 is 4.79 Å². The van der Waals surface area contributed by atoms with Gasteiger partial charge in [0.05, 0.1) is 5.38 Å². The van der Waals surface area contributed by atoms with Gasteiger partial charge in [-0.05, 0) is 30.9 Å². The van der Waals surface area contributed by atoms with Crippen LogP contribution in [-0.2, 0) is 0 Å². The summed E-state index contributed by atoms with van der Waals surface area (Å²) < 4.78 is 0. The van der Waals surface area contributed by atoms with Crippen molar-refractivity contribution in [2.24, 2.45) is 5.92 Å². The minimum absolute atomic E-state index is 0.000602. The summed E-state index contributed by atoms with van der Waals surface area (Å²) in [7, 11) is 0. The number of hydrogen-bond acceptors (Lipinski definition) is 2. The smallest absolute Gasteiger partial charge is 0.272 e. The molecule has 0 aromatic carbocycles. The first-order valence-electron chi connectivity index (χ1n) is 5.94. The van der Waals surface area contributed by atoms with Crippen LogP contribution in [0.2, 0.25) is 0 Å². The Labute approximate surface area is 107 Å². The van der Waals surface area contributed by atoms with Gasteiger partial charge in [-0.3, -0.25) is 9.78 Å². The van der Waals surface area contributed by atoms with Gasteiger partial charge in [-0.1, -0.05) is 13.0 Å². The molecule has 0 spiro atoms. The number of amides is 1. The van der Waals surface area contributed by atoms with Gasteiger partial charge in [-0.15, -0.1) is 11.6 Å². The molecule has 17 heavy (non-hydrogen) atoms. The lowest BCUT2D eigenvalue weighted by Gasteiger charge is -2.33. The van der Waals surface area contributed by atoms with E-state index in [4.69, 9.17) is 11.6 Å². The Morgan fingerprint density at radius 3 is 3.00 bits per heavy atom. The molecule has 1 aliphatic rings. The van der Waals surface area contributed by atoms with Gasteiger partial charge in [0.2, 0.25) is 0 Å². The third kappa shape index (κ3) is 2.60. The lowest BCUT2D eigenvalue weighted by Crippen LogP contribution is -2.44. The normalized spacial score (nSPS) is 24.8. The molecule has 0 N–H and O–H groups in total. The molecule has 0 bridgehead atoms. The van der Waals surface area contributed by atoms with Gasteiger partial charge < -0.3 is 4.90 Å². The number of pyridine rings is 1. The Morgan fingerprint density at radius 2 is 2.35 bits per heavy atom. The minimum atomic E-state index is 0.000602. The van der Waals surface area contributed by atoms with Crippen molar-refractivity contribution >= 4 is 17.5 Å². The summed E-state index contributed by atoms with van der Waals surface area (Å²) in [6, 6.07) is 3.75. The molecule has 2 rings (SSSR count). The summed E-state index contributed by atoms with van der Waals surface area (Å²) in [5, 5.41) is 0.0525. The molecule has 1 amide bonds. The van der Waals surface area contributed by atoms with Gasteiger partial charge in [0.15, 0.2) is 0 Å². The third-order valence-electron chi connectivity index (χ3n) is 3.37. The molecule has 3 nitrogen and oxygen atoms in total. The molecule has 1 saturated heterocycles. The average Bonchev–Trinajstić information content (AvgIpc) is 2.32. The second kappa shape index (κ2) is 5.05. The summed E-state index contributed by atoms with van der Waals surface area (Å²) in [5.74, 6) is 0.478. The first kappa shape index (κ1) is 12.4. The number of likely N-dealkylation sites (tertiary alicyclic amines) is 1. The lowest BCUT2D eigenvalue weighted by atomic mass is 9.98. The maximum absolute atomic E-state index is 12.3. The van der Waals surface area contributed by atoms with Crippen molar-refractivity contribution in [1.82, 2.24) is 9.88 Å². The van der Waals surface area contributed by atoms with Crippen molar-refractivity contribution in [3.8, 4) is 0 Å². The van der Waals surface area contributed by atoms with Crippen LogP contribution in [0.1, 0.15) is 29.4 Å². The van der Waals surface area contributed by atoms with Gasteiger partial charge in [-0.25, -0.2) is 0 Å². The van der Waals surface area contributed by atoms with Crippen LogP contribution < -0.4 is 0 Å². The quantitative estimate of drug-likeness (QED) is 0.720. The van der Waals surface area contributed by atoms with Crippen molar-refractivity contribution in [2.45, 2.75) is 25.6 Å². The fraction of sp³-hybridized carbons (Fsp3) is 0.538. The molecule has 1 aliphatic heterocycles. The number of carbonyl (C=O) groups excluding carboxylic acids is 1. The zero-order valence-corrected chi connectivity index (χ0v) is 10.9. The molecule has 0 radical (unpaired) electrons. The molecule has 92 valence electrons. The van der Waals surface area contributed by atoms with Crippen molar-refractivity contribution in [1.29, 1.82) is 0 Å². The van der Waals surface area contributed by atoms with E-state index in [0.29, 0.717) is 18.2 Å². The molecule has 1 fully saturated rings. The van der Waals surface area contributed by atoms with Crippen LogP contribution in [0.3, 0.4) is 0 Å². The van der Waals surface area contributed by atoms with Gasteiger partial charge in [0.25, 0.3) is 5.91 Å². The van der Waals surface area contributed by atoms with Crippen LogP contribution in [0.4, 0.5) is 0 Å². The summed E-state index contributed by atoms with van der Waals surface area (Å²) in [6.07, 6.45) is 2.62. The van der Waals surface area contributed by atoms with Gasteiger partial charge in [0.1, 0.15) is 5.69 Å². The molecule has 2 unspecified atom stereocenters. The Kier molecular flexibility index (Phi) is 3.67. The summed E-state index contributed by atoms with van der Waals surface area (Å²) in [5.41, 5.74) is 1.47. The summed E-state index contributed by atoms with van der Waals surface area (Å²) >= 11 is 6.22. The van der Waals surface area contributed by atoms with Crippen LogP contribution >= 0.6 is 11.6 Å². The highest BCUT2D eigenvalue weighted by atomic mass is 35.5. The fourth-order valence-corrected chi connectivity index (χ4v) is 2.36. The highest BCUT2D eigenvalue weighted by Gasteiger charge is 2.28. The molecule has 1 aromatic heterocycles. The van der Waals surface area contributed by atoms with E-state index in [-0.39, 0.29) is 11.3 Å². The molecule has 2 heterocycles. The zero-order valence-electron chi connectivity index (χ0n) is 10.2. The Morgan fingerprint density at radius 1 is 1.59 bits per heavy atom. The number of carbonyl (C=O) groups is 1. The van der Waals surface area contributed by atoms with Crippen LogP contribution in [-0.4, -0.2) is 34.3 Å². The summed E-state index contributed by atoms with van der Waals surface area (Å²) in [6.45, 7) is 5.44. The van der Waals surface area contributed by atoms with E-state index in [1.807, 2.05) is 24.0 Å². The number of alkyl halides is 1. The largest absolute Gasteiger partial charge is 0.336 e. The number of aryl methyl sites for hydroxylation is 1. The lowest BCUT2D eigenvalue weighted by molar-refractivity contribution is 0.0694. The van der Waals surface area contributed by atoms with Gasteiger partial charge in [-0.2, -0.15) is 0 Å². The highest BCUT2D eigenvalue weighted by Crippen LogP contribution is 2.23. The standard InChI is InChI=1S/C13H17ClN2O/c1-9-5-7-16(8-11(9)14)13(17)12-10(2)4-3-6-15-12/h3-4,6,9,11H,5,7-8H2,1-2H3. The highest BCUT2D eigenvalue weighted by molar-refractivity contribution is 6.21. The van der Waals surface area contributed by atoms with Crippen LogP contribution in [0.15, 0.2) is 18.3 Å². The third-order valence-corrected chi connectivity index (χ3v) is 3.93. The SMILES string of the molecule is Cc1cccnc1C(=O)N1CCC(C)C(Cl)C1. The van der Waals surface area contributed by atoms with E-state index >= 15 is 0 Å². The van der Waals surface area contributed by atoms with E-state index in [1.165, 1.54) is 0 Å². The predicted octanol–water partition coefficient (Wildman–Crippen LogP) is 2.48. The molecular weight excluding hydrogens is 236 g/mol. The molecule has 2 atom stereocenters. The number of rotatable bonds is 1. The number of halogens is 1. The number of piperidine rings is 1. The van der Waals surface area contributed by atoms with Crippen molar-refractivity contribution in [3.63, 3.8) is 0 Å². The van der Waals surface area contributed by atoms with Crippen molar-refractivity contribution in [2.75, 3.05) is 13.1 Å². The van der Waals surface area contributed by atoms with E-state index in [1.54, 1.807) is 6.20 Å². The van der Waals surface area contributed by atoms with Crippen LogP contribution in [0.25, 0.3) is 0 Å². The predicted molar refractivity (Wildman–Crippen MR) is 68.3 cm³/mol. The summed E-state index contributed by atoms with van der Waals surface area (Å²) in [4.78, 5) is 18.3.